The van der Waals surface area contributed by atoms with Crippen molar-refractivity contribution in [1.82, 2.24) is 4.90 Å². The number of aliphatic hydroxyl groups excluding tert-OH is 1. The molecule has 98 valence electrons. The number of piperidine rings is 1. The SMILES string of the molecule is O=C(O)N1CCC(CO)(c2ccc(F)cc2)CC1. The van der Waals surface area contributed by atoms with E-state index >= 15 is 0 Å². The molecular formula is C13H16FNO3. The summed E-state index contributed by atoms with van der Waals surface area (Å²) in [6, 6.07) is 6.08. The van der Waals surface area contributed by atoms with Crippen molar-refractivity contribution < 1.29 is 19.4 Å². The number of aliphatic hydroxyl groups is 1. The van der Waals surface area contributed by atoms with Crippen LogP contribution in [-0.2, 0) is 5.41 Å². The van der Waals surface area contributed by atoms with Crippen molar-refractivity contribution in [2.24, 2.45) is 0 Å². The largest absolute Gasteiger partial charge is 0.465 e. The van der Waals surface area contributed by atoms with Crippen LogP contribution in [0.25, 0.3) is 0 Å². The third-order valence-electron chi connectivity index (χ3n) is 3.75. The highest BCUT2D eigenvalue weighted by Crippen LogP contribution is 2.35. The summed E-state index contributed by atoms with van der Waals surface area (Å²) in [5.74, 6) is -0.310. The molecule has 1 amide bonds. The fourth-order valence-electron chi connectivity index (χ4n) is 2.47. The van der Waals surface area contributed by atoms with Gasteiger partial charge in [0.1, 0.15) is 5.82 Å². The van der Waals surface area contributed by atoms with Crippen LogP contribution < -0.4 is 0 Å². The summed E-state index contributed by atoms with van der Waals surface area (Å²) < 4.78 is 12.9. The maximum Gasteiger partial charge on any atom is 0.407 e. The normalized spacial score (nSPS) is 18.7. The summed E-state index contributed by atoms with van der Waals surface area (Å²) in [5, 5.41) is 18.5. The van der Waals surface area contributed by atoms with Crippen LogP contribution in [-0.4, -0.2) is 40.9 Å². The van der Waals surface area contributed by atoms with E-state index in [1.807, 2.05) is 0 Å². The Bertz CT molecular complexity index is 424. The first-order valence-electron chi connectivity index (χ1n) is 5.92. The smallest absolute Gasteiger partial charge is 0.407 e. The predicted octanol–water partition coefficient (Wildman–Crippen LogP) is 1.83. The number of nitrogens with zero attached hydrogens (tertiary/aromatic N) is 1. The first-order chi connectivity index (χ1) is 8.57. The van der Waals surface area contributed by atoms with E-state index in [-0.39, 0.29) is 12.4 Å². The lowest BCUT2D eigenvalue weighted by molar-refractivity contribution is 0.0894. The third kappa shape index (κ3) is 2.31. The molecule has 2 N–H and O–H groups in total. The zero-order valence-electron chi connectivity index (χ0n) is 9.97. The average molecular weight is 253 g/mol. The van der Waals surface area contributed by atoms with E-state index in [9.17, 15) is 14.3 Å². The molecule has 1 aromatic carbocycles. The van der Waals surface area contributed by atoms with Gasteiger partial charge in [0.25, 0.3) is 0 Å². The molecule has 1 heterocycles. The van der Waals surface area contributed by atoms with Gasteiger partial charge in [-0.3, -0.25) is 0 Å². The van der Waals surface area contributed by atoms with Crippen LogP contribution in [0.3, 0.4) is 0 Å². The molecule has 2 rings (SSSR count). The van der Waals surface area contributed by atoms with E-state index in [0.717, 1.165) is 5.56 Å². The number of likely N-dealkylation sites (tertiary alicyclic amines) is 1. The van der Waals surface area contributed by atoms with Crippen LogP contribution in [0.15, 0.2) is 24.3 Å². The second-order valence-electron chi connectivity index (χ2n) is 4.71. The van der Waals surface area contributed by atoms with Gasteiger partial charge >= 0.3 is 6.09 Å². The molecule has 1 aromatic rings. The summed E-state index contributed by atoms with van der Waals surface area (Å²) in [6.07, 6.45) is 0.184. The van der Waals surface area contributed by atoms with Gasteiger partial charge in [-0.15, -0.1) is 0 Å². The molecule has 0 aliphatic carbocycles. The molecule has 0 atom stereocenters. The van der Waals surface area contributed by atoms with Gasteiger partial charge in [0, 0.05) is 18.5 Å². The summed E-state index contributed by atoms with van der Waals surface area (Å²) >= 11 is 0. The highest BCUT2D eigenvalue weighted by Gasteiger charge is 2.36. The average Bonchev–Trinajstić information content (AvgIpc) is 2.39. The second kappa shape index (κ2) is 4.94. The van der Waals surface area contributed by atoms with Crippen LogP contribution in [0.1, 0.15) is 18.4 Å². The lowest BCUT2D eigenvalue weighted by atomic mass is 9.73. The number of carbonyl (C=O) groups is 1. The van der Waals surface area contributed by atoms with Crippen molar-refractivity contribution in [3.05, 3.63) is 35.6 Å². The third-order valence-corrected chi connectivity index (χ3v) is 3.75. The van der Waals surface area contributed by atoms with Gasteiger partial charge in [-0.1, -0.05) is 12.1 Å². The Morgan fingerprint density at radius 1 is 1.28 bits per heavy atom. The van der Waals surface area contributed by atoms with Crippen molar-refractivity contribution in [1.29, 1.82) is 0 Å². The monoisotopic (exact) mass is 253 g/mol. The molecule has 18 heavy (non-hydrogen) atoms. The molecule has 0 aromatic heterocycles. The van der Waals surface area contributed by atoms with Crippen molar-refractivity contribution in [3.63, 3.8) is 0 Å². The van der Waals surface area contributed by atoms with E-state index in [1.165, 1.54) is 17.0 Å². The molecule has 5 heteroatoms. The fraction of sp³-hybridized carbons (Fsp3) is 0.462. The first kappa shape index (κ1) is 12.8. The fourth-order valence-corrected chi connectivity index (χ4v) is 2.47. The zero-order chi connectivity index (χ0) is 13.2. The molecule has 0 radical (unpaired) electrons. The van der Waals surface area contributed by atoms with Gasteiger partial charge in [-0.25, -0.2) is 9.18 Å². The maximum atomic E-state index is 12.9. The molecule has 1 fully saturated rings. The molecule has 4 nitrogen and oxygen atoms in total. The summed E-state index contributed by atoms with van der Waals surface area (Å²) in [5.41, 5.74) is 0.427. The standard InChI is InChI=1S/C13H16FNO3/c14-11-3-1-10(2-4-11)13(9-16)5-7-15(8-6-13)12(17)18/h1-4,16H,5-9H2,(H,17,18). The quantitative estimate of drug-likeness (QED) is 0.845. The van der Waals surface area contributed by atoms with Gasteiger partial charge in [0.2, 0.25) is 0 Å². The van der Waals surface area contributed by atoms with Crippen LogP contribution in [0, 0.1) is 5.82 Å². The van der Waals surface area contributed by atoms with E-state index in [0.29, 0.717) is 25.9 Å². The molecular weight excluding hydrogens is 237 g/mol. The number of amides is 1. The lowest BCUT2D eigenvalue weighted by Gasteiger charge is -2.40. The van der Waals surface area contributed by atoms with Gasteiger partial charge in [0.15, 0.2) is 0 Å². The van der Waals surface area contributed by atoms with E-state index < -0.39 is 11.5 Å². The molecule has 1 saturated heterocycles. The minimum atomic E-state index is -0.930. The number of hydrogen-bond acceptors (Lipinski definition) is 2. The van der Waals surface area contributed by atoms with Gasteiger partial charge in [-0.05, 0) is 30.5 Å². The van der Waals surface area contributed by atoms with Crippen LogP contribution in [0.4, 0.5) is 9.18 Å². The Morgan fingerprint density at radius 2 is 1.83 bits per heavy atom. The Kier molecular flexibility index (Phi) is 3.52. The molecule has 0 spiro atoms. The van der Waals surface area contributed by atoms with Gasteiger partial charge in [-0.2, -0.15) is 0 Å². The minimum Gasteiger partial charge on any atom is -0.465 e. The number of carboxylic acid groups (broad SMARTS) is 1. The van der Waals surface area contributed by atoms with Crippen LogP contribution in [0.2, 0.25) is 0 Å². The number of rotatable bonds is 2. The predicted molar refractivity (Wildman–Crippen MR) is 64.0 cm³/mol. The highest BCUT2D eigenvalue weighted by molar-refractivity contribution is 5.65. The van der Waals surface area contributed by atoms with Gasteiger partial charge in [0.05, 0.1) is 6.61 Å². The lowest BCUT2D eigenvalue weighted by Crippen LogP contribution is -2.46. The number of benzene rings is 1. The highest BCUT2D eigenvalue weighted by atomic mass is 19.1. The summed E-state index contributed by atoms with van der Waals surface area (Å²) in [4.78, 5) is 12.2. The molecule has 1 aliphatic rings. The molecule has 0 saturated carbocycles. The molecule has 0 unspecified atom stereocenters. The number of hydrogen-bond donors (Lipinski definition) is 2. The van der Waals surface area contributed by atoms with E-state index in [1.54, 1.807) is 12.1 Å². The molecule has 0 bridgehead atoms. The van der Waals surface area contributed by atoms with E-state index in [2.05, 4.69) is 0 Å². The Morgan fingerprint density at radius 3 is 2.28 bits per heavy atom. The molecule has 1 aliphatic heterocycles. The Balaban J connectivity index is 2.18. The maximum absolute atomic E-state index is 12.9. The number of halogens is 1. The summed E-state index contributed by atoms with van der Waals surface area (Å²) in [6.45, 7) is 0.743. The summed E-state index contributed by atoms with van der Waals surface area (Å²) in [7, 11) is 0. The zero-order valence-corrected chi connectivity index (χ0v) is 9.97. The Hall–Kier alpha value is -1.62. The van der Waals surface area contributed by atoms with Gasteiger partial charge < -0.3 is 15.1 Å². The Labute approximate surface area is 105 Å². The first-order valence-corrected chi connectivity index (χ1v) is 5.92. The van der Waals surface area contributed by atoms with Crippen LogP contribution in [0.5, 0.6) is 0 Å². The van der Waals surface area contributed by atoms with E-state index in [4.69, 9.17) is 5.11 Å². The van der Waals surface area contributed by atoms with Crippen molar-refractivity contribution in [2.75, 3.05) is 19.7 Å². The minimum absolute atomic E-state index is 0.0495. The second-order valence-corrected chi connectivity index (χ2v) is 4.71. The van der Waals surface area contributed by atoms with Crippen molar-refractivity contribution in [2.45, 2.75) is 18.3 Å². The topological polar surface area (TPSA) is 60.8 Å². The van der Waals surface area contributed by atoms with Crippen molar-refractivity contribution >= 4 is 6.09 Å². The van der Waals surface area contributed by atoms with Crippen LogP contribution >= 0.6 is 0 Å². The van der Waals surface area contributed by atoms with Crippen molar-refractivity contribution in [3.8, 4) is 0 Å².